The van der Waals surface area contributed by atoms with Gasteiger partial charge in [0, 0.05) is 19.6 Å². The number of nitro groups is 1. The summed E-state index contributed by atoms with van der Waals surface area (Å²) < 4.78 is 0. The number of nitrogens with zero attached hydrogens (tertiary/aromatic N) is 3. The van der Waals surface area contributed by atoms with Gasteiger partial charge in [-0.1, -0.05) is 19.3 Å². The number of aromatic nitrogens is 1. The number of nitrogens with one attached hydrogen (secondary N) is 1. The van der Waals surface area contributed by atoms with E-state index >= 15 is 0 Å². The first kappa shape index (κ1) is 15.5. The minimum atomic E-state index is -0.413. The summed E-state index contributed by atoms with van der Waals surface area (Å²) in [6.45, 7) is 0.456. The Kier molecular flexibility index (Phi) is 5.32. The number of rotatable bonds is 6. The standard InChI is InChI=1S/C14H22N4O3/c1-15-13-9-12(18(20)21)10-14(16-13)17(7-8-19)11-5-3-2-4-6-11/h9-11,19H,2-8H2,1H3,(H,15,16). The van der Waals surface area contributed by atoms with E-state index in [1.54, 1.807) is 7.05 Å². The van der Waals surface area contributed by atoms with Crippen LogP contribution in [0.1, 0.15) is 32.1 Å². The normalized spacial score (nSPS) is 15.7. The highest BCUT2D eigenvalue weighted by molar-refractivity contribution is 5.56. The van der Waals surface area contributed by atoms with Crippen molar-refractivity contribution in [3.05, 3.63) is 22.2 Å². The van der Waals surface area contributed by atoms with E-state index in [2.05, 4.69) is 10.3 Å². The van der Waals surface area contributed by atoms with E-state index in [0.717, 1.165) is 25.7 Å². The van der Waals surface area contributed by atoms with Gasteiger partial charge in [0.15, 0.2) is 0 Å². The zero-order valence-electron chi connectivity index (χ0n) is 12.3. The highest BCUT2D eigenvalue weighted by Gasteiger charge is 2.24. The van der Waals surface area contributed by atoms with Crippen LogP contribution in [0.3, 0.4) is 0 Å². The van der Waals surface area contributed by atoms with E-state index in [4.69, 9.17) is 0 Å². The van der Waals surface area contributed by atoms with Crippen LogP contribution in [0, 0.1) is 10.1 Å². The molecule has 7 nitrogen and oxygen atoms in total. The molecule has 0 radical (unpaired) electrons. The van der Waals surface area contributed by atoms with Crippen molar-refractivity contribution in [2.45, 2.75) is 38.1 Å². The molecule has 2 N–H and O–H groups in total. The van der Waals surface area contributed by atoms with Crippen molar-refractivity contribution < 1.29 is 10.0 Å². The second kappa shape index (κ2) is 7.21. The van der Waals surface area contributed by atoms with Gasteiger partial charge in [-0.25, -0.2) is 4.98 Å². The monoisotopic (exact) mass is 294 g/mol. The van der Waals surface area contributed by atoms with E-state index in [0.29, 0.717) is 24.2 Å². The molecule has 0 aliphatic heterocycles. The van der Waals surface area contributed by atoms with Crippen molar-refractivity contribution in [1.82, 2.24) is 4.98 Å². The Morgan fingerprint density at radius 2 is 2.14 bits per heavy atom. The van der Waals surface area contributed by atoms with Gasteiger partial charge in [-0.3, -0.25) is 10.1 Å². The molecular weight excluding hydrogens is 272 g/mol. The summed E-state index contributed by atoms with van der Waals surface area (Å²) in [5.74, 6) is 1.03. The molecule has 2 rings (SSSR count). The first-order chi connectivity index (χ1) is 10.2. The van der Waals surface area contributed by atoms with Crippen molar-refractivity contribution in [3.8, 4) is 0 Å². The number of aliphatic hydroxyl groups excluding tert-OH is 1. The Bertz CT molecular complexity index is 489. The molecule has 1 aromatic heterocycles. The summed E-state index contributed by atoms with van der Waals surface area (Å²) >= 11 is 0. The minimum Gasteiger partial charge on any atom is -0.395 e. The largest absolute Gasteiger partial charge is 0.395 e. The molecule has 0 amide bonds. The van der Waals surface area contributed by atoms with Gasteiger partial charge in [-0.05, 0) is 12.8 Å². The number of anilines is 2. The quantitative estimate of drug-likeness (QED) is 0.617. The first-order valence-corrected chi connectivity index (χ1v) is 7.37. The van der Waals surface area contributed by atoms with Crippen LogP contribution >= 0.6 is 0 Å². The summed E-state index contributed by atoms with van der Waals surface area (Å²) in [5, 5.41) is 23.2. The Labute approximate surface area is 124 Å². The third kappa shape index (κ3) is 3.81. The molecular formula is C14H22N4O3. The van der Waals surface area contributed by atoms with Crippen LogP contribution in [0.25, 0.3) is 0 Å². The third-order valence-electron chi connectivity index (χ3n) is 3.91. The molecule has 0 aromatic carbocycles. The van der Waals surface area contributed by atoms with E-state index in [1.165, 1.54) is 18.6 Å². The number of aliphatic hydroxyl groups is 1. The zero-order valence-corrected chi connectivity index (χ0v) is 12.3. The van der Waals surface area contributed by atoms with E-state index in [9.17, 15) is 15.2 Å². The average molecular weight is 294 g/mol. The van der Waals surface area contributed by atoms with Crippen LogP contribution in [-0.2, 0) is 0 Å². The minimum absolute atomic E-state index is 0.00968. The molecule has 0 unspecified atom stereocenters. The molecule has 0 atom stereocenters. The Balaban J connectivity index is 2.33. The molecule has 1 aliphatic rings. The number of hydrogen-bond acceptors (Lipinski definition) is 6. The van der Waals surface area contributed by atoms with Crippen LogP contribution in [0.4, 0.5) is 17.3 Å². The highest BCUT2D eigenvalue weighted by atomic mass is 16.6. The molecule has 0 saturated heterocycles. The summed E-state index contributed by atoms with van der Waals surface area (Å²) in [6.07, 6.45) is 5.62. The lowest BCUT2D eigenvalue weighted by Gasteiger charge is -2.35. The van der Waals surface area contributed by atoms with Crippen molar-refractivity contribution in [1.29, 1.82) is 0 Å². The Morgan fingerprint density at radius 3 is 2.71 bits per heavy atom. The topological polar surface area (TPSA) is 91.5 Å². The van der Waals surface area contributed by atoms with Gasteiger partial charge in [0.05, 0.1) is 23.7 Å². The maximum atomic E-state index is 11.1. The maximum Gasteiger partial charge on any atom is 0.276 e. The van der Waals surface area contributed by atoms with Gasteiger partial charge in [-0.15, -0.1) is 0 Å². The van der Waals surface area contributed by atoms with Crippen molar-refractivity contribution in [3.63, 3.8) is 0 Å². The molecule has 116 valence electrons. The second-order valence-electron chi connectivity index (χ2n) is 5.28. The Hall–Kier alpha value is -1.89. The van der Waals surface area contributed by atoms with Crippen LogP contribution < -0.4 is 10.2 Å². The molecule has 1 aliphatic carbocycles. The predicted octanol–water partition coefficient (Wildman–Crippen LogP) is 2.16. The lowest BCUT2D eigenvalue weighted by molar-refractivity contribution is -0.384. The fraction of sp³-hybridized carbons (Fsp3) is 0.643. The van der Waals surface area contributed by atoms with Crippen molar-refractivity contribution >= 4 is 17.3 Å². The van der Waals surface area contributed by atoms with Crippen molar-refractivity contribution in [2.75, 3.05) is 30.4 Å². The van der Waals surface area contributed by atoms with E-state index < -0.39 is 4.92 Å². The van der Waals surface area contributed by atoms with Gasteiger partial charge >= 0.3 is 0 Å². The smallest absolute Gasteiger partial charge is 0.276 e. The van der Waals surface area contributed by atoms with Gasteiger partial charge in [0.2, 0.25) is 0 Å². The highest BCUT2D eigenvalue weighted by Crippen LogP contribution is 2.29. The molecule has 21 heavy (non-hydrogen) atoms. The summed E-state index contributed by atoms with van der Waals surface area (Å²) in [6, 6.07) is 3.21. The molecule has 0 bridgehead atoms. The fourth-order valence-corrected chi connectivity index (χ4v) is 2.87. The fourth-order valence-electron chi connectivity index (χ4n) is 2.87. The zero-order chi connectivity index (χ0) is 15.2. The molecule has 7 heteroatoms. The lowest BCUT2D eigenvalue weighted by Crippen LogP contribution is -2.39. The van der Waals surface area contributed by atoms with Gasteiger partial charge in [0.1, 0.15) is 11.6 Å². The summed E-state index contributed by atoms with van der Waals surface area (Å²) in [5.41, 5.74) is 0.0168. The van der Waals surface area contributed by atoms with Gasteiger partial charge < -0.3 is 15.3 Å². The lowest BCUT2D eigenvalue weighted by atomic mass is 9.94. The SMILES string of the molecule is CNc1cc([N+](=O)[O-])cc(N(CCO)C2CCCCC2)n1. The second-order valence-corrected chi connectivity index (χ2v) is 5.28. The van der Waals surface area contributed by atoms with Crippen LogP contribution in [0.2, 0.25) is 0 Å². The Morgan fingerprint density at radius 1 is 1.43 bits per heavy atom. The maximum absolute atomic E-state index is 11.1. The van der Waals surface area contributed by atoms with Gasteiger partial charge in [-0.2, -0.15) is 0 Å². The molecule has 1 aromatic rings. The number of pyridine rings is 1. The summed E-state index contributed by atoms with van der Waals surface area (Å²) in [7, 11) is 1.69. The summed E-state index contributed by atoms with van der Waals surface area (Å²) in [4.78, 5) is 17.1. The molecule has 1 heterocycles. The van der Waals surface area contributed by atoms with Gasteiger partial charge in [0.25, 0.3) is 5.69 Å². The molecule has 1 fully saturated rings. The first-order valence-electron chi connectivity index (χ1n) is 7.37. The van der Waals surface area contributed by atoms with Crippen LogP contribution in [-0.4, -0.2) is 41.3 Å². The predicted molar refractivity (Wildman–Crippen MR) is 81.7 cm³/mol. The van der Waals surface area contributed by atoms with E-state index in [1.807, 2.05) is 4.90 Å². The number of hydrogen-bond donors (Lipinski definition) is 2. The van der Waals surface area contributed by atoms with Crippen LogP contribution in [0.5, 0.6) is 0 Å². The third-order valence-corrected chi connectivity index (χ3v) is 3.91. The average Bonchev–Trinajstić information content (AvgIpc) is 2.52. The molecule has 0 spiro atoms. The molecule has 1 saturated carbocycles. The van der Waals surface area contributed by atoms with Crippen LogP contribution in [0.15, 0.2) is 12.1 Å². The van der Waals surface area contributed by atoms with Crippen molar-refractivity contribution in [2.24, 2.45) is 0 Å². The van der Waals surface area contributed by atoms with E-state index in [-0.39, 0.29) is 12.3 Å².